The van der Waals surface area contributed by atoms with Crippen molar-refractivity contribution in [1.29, 1.82) is 0 Å². The quantitative estimate of drug-likeness (QED) is 0.0222. The monoisotopic (exact) mass is 1350 g/mol. The molecule has 546 valence electrons. The van der Waals surface area contributed by atoms with E-state index in [2.05, 4.69) is 55.4 Å². The second-order valence-corrected chi connectivity index (χ2v) is 31.1. The summed E-state index contributed by atoms with van der Waals surface area (Å²) in [5.41, 5.74) is 0. The minimum absolute atomic E-state index is 0.101. The van der Waals surface area contributed by atoms with E-state index in [9.17, 15) is 43.2 Å². The van der Waals surface area contributed by atoms with Crippen LogP contribution in [0.2, 0.25) is 0 Å². The molecule has 0 radical (unpaired) electrons. The van der Waals surface area contributed by atoms with Gasteiger partial charge in [-0.05, 0) is 49.4 Å². The standard InChI is InChI=1S/C73H142O17P2/c1-63(2)49-41-33-25-19-15-13-11-9-10-12-14-16-21-28-37-45-53-70(75)83-59-68(89-72(77)55-47-39-30-22-18-17-20-26-34-42-50-64(3)4)61-87-91(79,80)85-57-67(74)58-86-92(81,82)88-62-69(90-73(78)56-48-40-32-31-36-44-52-66(7)8)60-84-71(76)54-46-38-29-24-23-27-35-43-51-65(5)6/h63-69,74H,9-62H2,1-8H3,(H,79,80)(H,81,82)/t67?,68-,69-/m1/s1. The molecular weight excluding hydrogens is 1210 g/mol. The van der Waals surface area contributed by atoms with Crippen molar-refractivity contribution in [2.24, 2.45) is 23.7 Å². The predicted octanol–water partition coefficient (Wildman–Crippen LogP) is 20.9. The first-order chi connectivity index (χ1) is 44.1. The van der Waals surface area contributed by atoms with Gasteiger partial charge in [-0.3, -0.25) is 37.3 Å². The summed E-state index contributed by atoms with van der Waals surface area (Å²) in [4.78, 5) is 72.6. The summed E-state index contributed by atoms with van der Waals surface area (Å²) in [5, 5.41) is 10.6. The van der Waals surface area contributed by atoms with Crippen LogP contribution in [0.3, 0.4) is 0 Å². The Labute approximate surface area is 562 Å². The number of rotatable bonds is 70. The average Bonchev–Trinajstić information content (AvgIpc) is 3.58. The molecule has 0 aromatic carbocycles. The van der Waals surface area contributed by atoms with Gasteiger partial charge in [-0.1, -0.05) is 312 Å². The van der Waals surface area contributed by atoms with Crippen molar-refractivity contribution in [1.82, 2.24) is 0 Å². The number of unbranched alkanes of at least 4 members (excludes halogenated alkanes) is 36. The fraction of sp³-hybridized carbons (Fsp3) is 0.945. The minimum atomic E-state index is -4.95. The molecule has 0 aliphatic heterocycles. The smallest absolute Gasteiger partial charge is 0.462 e. The molecule has 5 atom stereocenters. The highest BCUT2D eigenvalue weighted by Gasteiger charge is 2.30. The second kappa shape index (κ2) is 62.6. The lowest BCUT2D eigenvalue weighted by molar-refractivity contribution is -0.161. The highest BCUT2D eigenvalue weighted by Crippen LogP contribution is 2.45. The molecule has 0 saturated carbocycles. The molecule has 0 aromatic heterocycles. The molecule has 0 spiro atoms. The zero-order valence-corrected chi connectivity index (χ0v) is 62.0. The van der Waals surface area contributed by atoms with E-state index >= 15 is 0 Å². The molecule has 0 saturated heterocycles. The Balaban J connectivity index is 5.19. The van der Waals surface area contributed by atoms with E-state index in [0.29, 0.717) is 31.6 Å². The second-order valence-electron chi connectivity index (χ2n) is 28.2. The normalized spacial score (nSPS) is 14.2. The first-order valence-electron chi connectivity index (χ1n) is 37.7. The molecule has 0 aliphatic carbocycles. The first-order valence-corrected chi connectivity index (χ1v) is 40.7. The fourth-order valence-corrected chi connectivity index (χ4v) is 12.6. The van der Waals surface area contributed by atoms with Crippen LogP contribution in [0.25, 0.3) is 0 Å². The summed E-state index contributed by atoms with van der Waals surface area (Å²) >= 11 is 0. The summed E-state index contributed by atoms with van der Waals surface area (Å²) in [6, 6.07) is 0. The number of aliphatic hydroxyl groups excluding tert-OH is 1. The van der Waals surface area contributed by atoms with Crippen molar-refractivity contribution in [3.63, 3.8) is 0 Å². The van der Waals surface area contributed by atoms with Crippen LogP contribution in [0.15, 0.2) is 0 Å². The van der Waals surface area contributed by atoms with Crippen molar-refractivity contribution in [3.8, 4) is 0 Å². The summed E-state index contributed by atoms with van der Waals surface area (Å²) in [6.07, 6.45) is 46.1. The summed E-state index contributed by atoms with van der Waals surface area (Å²) in [5.74, 6) is 0.830. The van der Waals surface area contributed by atoms with Crippen LogP contribution in [-0.4, -0.2) is 96.7 Å². The Morgan fingerprint density at radius 1 is 0.272 bits per heavy atom. The molecule has 3 unspecified atom stereocenters. The van der Waals surface area contributed by atoms with Crippen LogP contribution in [0, 0.1) is 23.7 Å². The summed E-state index contributed by atoms with van der Waals surface area (Å²) in [7, 11) is -9.90. The van der Waals surface area contributed by atoms with Gasteiger partial charge < -0.3 is 33.8 Å². The van der Waals surface area contributed by atoms with E-state index in [1.807, 2.05) is 0 Å². The van der Waals surface area contributed by atoms with Crippen LogP contribution in [0.4, 0.5) is 0 Å². The number of phosphoric ester groups is 2. The molecule has 0 aromatic rings. The molecule has 92 heavy (non-hydrogen) atoms. The Kier molecular flexibility index (Phi) is 61.3. The molecule has 0 bridgehead atoms. The Bertz CT molecular complexity index is 1820. The van der Waals surface area contributed by atoms with Crippen molar-refractivity contribution in [2.45, 2.75) is 382 Å². The fourth-order valence-electron chi connectivity index (χ4n) is 11.0. The van der Waals surface area contributed by atoms with Gasteiger partial charge in [0.05, 0.1) is 26.4 Å². The van der Waals surface area contributed by atoms with Gasteiger partial charge >= 0.3 is 39.5 Å². The van der Waals surface area contributed by atoms with Crippen LogP contribution in [-0.2, 0) is 65.4 Å². The highest BCUT2D eigenvalue weighted by molar-refractivity contribution is 7.47. The third-order valence-electron chi connectivity index (χ3n) is 16.8. The molecule has 3 N–H and O–H groups in total. The van der Waals surface area contributed by atoms with Crippen LogP contribution < -0.4 is 0 Å². The van der Waals surface area contributed by atoms with Crippen LogP contribution in [0.5, 0.6) is 0 Å². The van der Waals surface area contributed by atoms with Gasteiger partial charge in [0, 0.05) is 25.7 Å². The van der Waals surface area contributed by atoms with Gasteiger partial charge in [-0.25, -0.2) is 9.13 Å². The minimum Gasteiger partial charge on any atom is -0.462 e. The van der Waals surface area contributed by atoms with Gasteiger partial charge in [0.1, 0.15) is 19.3 Å². The largest absolute Gasteiger partial charge is 0.472 e. The van der Waals surface area contributed by atoms with E-state index in [4.69, 9.17) is 37.0 Å². The number of hydrogen-bond acceptors (Lipinski definition) is 15. The van der Waals surface area contributed by atoms with Crippen molar-refractivity contribution >= 4 is 39.5 Å². The van der Waals surface area contributed by atoms with Crippen LogP contribution in [0.1, 0.15) is 364 Å². The third-order valence-corrected chi connectivity index (χ3v) is 18.7. The number of esters is 4. The van der Waals surface area contributed by atoms with Crippen molar-refractivity contribution < 1.29 is 80.2 Å². The van der Waals surface area contributed by atoms with E-state index in [0.717, 1.165) is 108 Å². The molecule has 0 heterocycles. The van der Waals surface area contributed by atoms with E-state index in [-0.39, 0.29) is 25.7 Å². The molecular formula is C73H142O17P2. The van der Waals surface area contributed by atoms with E-state index < -0.39 is 97.5 Å². The number of carbonyl (C=O) groups excluding carboxylic acids is 4. The Morgan fingerprint density at radius 2 is 0.457 bits per heavy atom. The zero-order chi connectivity index (χ0) is 68.2. The maximum absolute atomic E-state index is 13.0. The third kappa shape index (κ3) is 66.7. The number of phosphoric acid groups is 2. The maximum atomic E-state index is 13.0. The van der Waals surface area contributed by atoms with E-state index in [1.54, 1.807) is 0 Å². The predicted molar refractivity (Wildman–Crippen MR) is 372 cm³/mol. The molecule has 19 heteroatoms. The number of hydrogen-bond donors (Lipinski definition) is 3. The SMILES string of the molecule is CC(C)CCCCCCCCCCCCCCCCCCC(=O)OC[C@H](COP(=O)(O)OCC(O)COP(=O)(O)OC[C@@H](COC(=O)CCCCCCCCCCC(C)C)OC(=O)CCCCCCCCC(C)C)OC(=O)CCCCCCCCCCCCC(C)C. The topological polar surface area (TPSA) is 237 Å². The average molecular weight is 1350 g/mol. The van der Waals surface area contributed by atoms with E-state index in [1.165, 1.54) is 167 Å². The zero-order valence-electron chi connectivity index (χ0n) is 60.2. The Hall–Kier alpha value is -1.94. The summed E-state index contributed by atoms with van der Waals surface area (Å²) < 4.78 is 68.3. The highest BCUT2D eigenvalue weighted by atomic mass is 31.2. The molecule has 0 aliphatic rings. The number of aliphatic hydroxyl groups is 1. The lowest BCUT2D eigenvalue weighted by atomic mass is 10.0. The van der Waals surface area contributed by atoms with Gasteiger partial charge in [-0.2, -0.15) is 0 Å². The van der Waals surface area contributed by atoms with Gasteiger partial charge in [0.25, 0.3) is 0 Å². The van der Waals surface area contributed by atoms with Crippen molar-refractivity contribution in [2.75, 3.05) is 39.6 Å². The first kappa shape index (κ1) is 90.1. The molecule has 0 fully saturated rings. The van der Waals surface area contributed by atoms with Gasteiger partial charge in [-0.15, -0.1) is 0 Å². The molecule has 0 amide bonds. The number of carbonyl (C=O) groups is 4. The van der Waals surface area contributed by atoms with Gasteiger partial charge in [0.2, 0.25) is 0 Å². The summed E-state index contributed by atoms with van der Waals surface area (Å²) in [6.45, 7) is 14.1. The lowest BCUT2D eigenvalue weighted by Gasteiger charge is -2.21. The van der Waals surface area contributed by atoms with Crippen molar-refractivity contribution in [3.05, 3.63) is 0 Å². The molecule has 17 nitrogen and oxygen atoms in total. The van der Waals surface area contributed by atoms with Crippen LogP contribution >= 0.6 is 15.6 Å². The lowest BCUT2D eigenvalue weighted by Crippen LogP contribution is -2.30. The number of ether oxygens (including phenoxy) is 4. The Morgan fingerprint density at radius 3 is 0.674 bits per heavy atom. The van der Waals surface area contributed by atoms with Gasteiger partial charge in [0.15, 0.2) is 12.2 Å². The molecule has 0 rings (SSSR count). The maximum Gasteiger partial charge on any atom is 0.472 e.